The van der Waals surface area contributed by atoms with E-state index in [1.807, 2.05) is 30.3 Å². The molecule has 36 heavy (non-hydrogen) atoms. The number of halogens is 1. The van der Waals surface area contributed by atoms with E-state index in [0.29, 0.717) is 43.4 Å². The Bertz CT molecular complexity index is 1590. The summed E-state index contributed by atoms with van der Waals surface area (Å²) >= 11 is 4.77. The lowest BCUT2D eigenvalue weighted by molar-refractivity contribution is -0.143. The minimum Gasteiger partial charge on any atom is -0.496 e. The molecule has 3 heterocycles. The van der Waals surface area contributed by atoms with Crippen molar-refractivity contribution in [2.45, 2.75) is 32.9 Å². The summed E-state index contributed by atoms with van der Waals surface area (Å²) in [5, 5.41) is 0. The standard InChI is InChI=1S/C26H23BrN2O6S/c1-13(2)35-25(31)22-14(3)28-26-29(23(22)17-11-16(27)6-8-18(17)32-4)24(30)21(36-26)10-15-5-7-19-20(9-15)34-12-33-19/h5-11,13,23H,12H2,1-4H3/b21-10-/t23-/m0/s1. The summed E-state index contributed by atoms with van der Waals surface area (Å²) in [5.74, 6) is 1.31. The molecule has 0 amide bonds. The van der Waals surface area contributed by atoms with Gasteiger partial charge in [-0.3, -0.25) is 9.36 Å². The monoisotopic (exact) mass is 570 g/mol. The molecule has 0 bridgehead atoms. The van der Waals surface area contributed by atoms with E-state index in [1.54, 1.807) is 40.0 Å². The van der Waals surface area contributed by atoms with Gasteiger partial charge in [-0.25, -0.2) is 9.79 Å². The van der Waals surface area contributed by atoms with Gasteiger partial charge >= 0.3 is 5.97 Å². The number of allylic oxidation sites excluding steroid dienone is 1. The number of ether oxygens (including phenoxy) is 4. The molecule has 1 aromatic heterocycles. The Morgan fingerprint density at radius 2 is 2.00 bits per heavy atom. The second kappa shape index (κ2) is 9.59. The van der Waals surface area contributed by atoms with E-state index in [9.17, 15) is 9.59 Å². The Morgan fingerprint density at radius 3 is 2.75 bits per heavy atom. The van der Waals surface area contributed by atoms with Gasteiger partial charge in [0.05, 0.1) is 29.0 Å². The van der Waals surface area contributed by atoms with Crippen LogP contribution >= 0.6 is 27.3 Å². The number of methoxy groups -OCH3 is 1. The van der Waals surface area contributed by atoms with E-state index < -0.39 is 12.0 Å². The largest absolute Gasteiger partial charge is 0.496 e. The number of fused-ring (bicyclic) bond motifs is 2. The molecule has 8 nitrogen and oxygen atoms in total. The number of nitrogens with zero attached hydrogens (tertiary/aromatic N) is 2. The molecule has 0 unspecified atom stereocenters. The van der Waals surface area contributed by atoms with Crippen molar-refractivity contribution in [1.29, 1.82) is 0 Å². The highest BCUT2D eigenvalue weighted by atomic mass is 79.9. The number of hydrogen-bond donors (Lipinski definition) is 0. The van der Waals surface area contributed by atoms with E-state index in [2.05, 4.69) is 20.9 Å². The predicted molar refractivity (Wildman–Crippen MR) is 138 cm³/mol. The fourth-order valence-electron chi connectivity index (χ4n) is 4.23. The molecule has 5 rings (SSSR count). The van der Waals surface area contributed by atoms with Crippen LogP contribution in [0.4, 0.5) is 0 Å². The van der Waals surface area contributed by atoms with Crippen molar-refractivity contribution in [3.8, 4) is 17.2 Å². The van der Waals surface area contributed by atoms with Crippen molar-refractivity contribution in [3.05, 3.63) is 83.0 Å². The molecule has 0 saturated carbocycles. The lowest BCUT2D eigenvalue weighted by atomic mass is 9.95. The summed E-state index contributed by atoms with van der Waals surface area (Å²) in [4.78, 5) is 32.2. The van der Waals surface area contributed by atoms with Gasteiger partial charge in [0.2, 0.25) is 6.79 Å². The second-order valence-electron chi connectivity index (χ2n) is 8.53. The highest BCUT2D eigenvalue weighted by molar-refractivity contribution is 9.10. The average Bonchev–Trinajstić information content (AvgIpc) is 3.41. The van der Waals surface area contributed by atoms with Crippen molar-refractivity contribution >= 4 is 39.3 Å². The normalized spacial score (nSPS) is 16.7. The van der Waals surface area contributed by atoms with E-state index in [1.165, 1.54) is 15.9 Å². The van der Waals surface area contributed by atoms with Crippen LogP contribution in [0.5, 0.6) is 17.2 Å². The molecule has 0 radical (unpaired) electrons. The fourth-order valence-corrected chi connectivity index (χ4v) is 5.65. The van der Waals surface area contributed by atoms with Gasteiger partial charge in [-0.1, -0.05) is 33.3 Å². The lowest BCUT2D eigenvalue weighted by Crippen LogP contribution is -2.40. The molecule has 10 heteroatoms. The number of aromatic nitrogens is 1. The number of esters is 1. The molecule has 0 fully saturated rings. The van der Waals surface area contributed by atoms with Gasteiger partial charge in [0.1, 0.15) is 11.8 Å². The molecular formula is C26H23BrN2O6S. The molecule has 2 aromatic carbocycles. The minimum absolute atomic E-state index is 0.171. The third-order valence-corrected chi connectivity index (χ3v) is 7.24. The van der Waals surface area contributed by atoms with E-state index in [0.717, 1.165) is 10.0 Å². The van der Waals surface area contributed by atoms with Gasteiger partial charge in [0, 0.05) is 10.0 Å². The average molecular weight is 571 g/mol. The van der Waals surface area contributed by atoms with Gasteiger partial charge in [0.25, 0.3) is 5.56 Å². The van der Waals surface area contributed by atoms with Gasteiger partial charge in [-0.05, 0) is 62.7 Å². The Kier molecular flexibility index (Phi) is 6.48. The van der Waals surface area contributed by atoms with Crippen molar-refractivity contribution in [2.24, 2.45) is 4.99 Å². The molecule has 2 aliphatic heterocycles. The quantitative estimate of drug-likeness (QED) is 0.435. The summed E-state index contributed by atoms with van der Waals surface area (Å²) in [5.41, 5.74) is 1.94. The lowest BCUT2D eigenvalue weighted by Gasteiger charge is -2.26. The Labute approximate surface area is 219 Å². The summed E-state index contributed by atoms with van der Waals surface area (Å²) < 4.78 is 24.8. The van der Waals surface area contributed by atoms with Gasteiger partial charge in [0.15, 0.2) is 16.3 Å². The zero-order chi connectivity index (χ0) is 25.6. The molecule has 0 saturated heterocycles. The van der Waals surface area contributed by atoms with Gasteiger partial charge in [-0.15, -0.1) is 0 Å². The number of carbonyl (C=O) groups excluding carboxylic acids is 1. The first-order valence-corrected chi connectivity index (χ1v) is 12.8. The van der Waals surface area contributed by atoms with E-state index >= 15 is 0 Å². The number of benzene rings is 2. The smallest absolute Gasteiger partial charge is 0.338 e. The van der Waals surface area contributed by atoms with Gasteiger partial charge < -0.3 is 18.9 Å². The summed E-state index contributed by atoms with van der Waals surface area (Å²) in [7, 11) is 1.55. The van der Waals surface area contributed by atoms with Crippen LogP contribution in [-0.4, -0.2) is 30.5 Å². The molecule has 0 spiro atoms. The third kappa shape index (κ3) is 4.35. The maximum Gasteiger partial charge on any atom is 0.338 e. The van der Waals surface area contributed by atoms with Gasteiger partial charge in [-0.2, -0.15) is 0 Å². The van der Waals surface area contributed by atoms with Crippen LogP contribution in [0, 0.1) is 0 Å². The summed E-state index contributed by atoms with van der Waals surface area (Å²) in [6, 6.07) is 10.2. The first-order valence-electron chi connectivity index (χ1n) is 11.2. The molecular weight excluding hydrogens is 548 g/mol. The van der Waals surface area contributed by atoms with Crippen molar-refractivity contribution in [1.82, 2.24) is 4.57 Å². The van der Waals surface area contributed by atoms with Crippen molar-refractivity contribution in [2.75, 3.05) is 13.9 Å². The number of rotatable bonds is 5. The Morgan fingerprint density at radius 1 is 1.22 bits per heavy atom. The highest BCUT2D eigenvalue weighted by Gasteiger charge is 2.35. The third-order valence-electron chi connectivity index (χ3n) is 5.77. The maximum atomic E-state index is 13.8. The molecule has 0 N–H and O–H groups in total. The van der Waals surface area contributed by atoms with Crippen LogP contribution in [0.3, 0.4) is 0 Å². The molecule has 1 atom stereocenters. The first kappa shape index (κ1) is 24.3. The van der Waals surface area contributed by atoms with Crippen LogP contribution in [-0.2, 0) is 9.53 Å². The minimum atomic E-state index is -0.779. The first-order chi connectivity index (χ1) is 17.3. The fraction of sp³-hybridized carbons (Fsp3) is 0.269. The van der Waals surface area contributed by atoms with Crippen LogP contribution in [0.2, 0.25) is 0 Å². The van der Waals surface area contributed by atoms with E-state index in [-0.39, 0.29) is 18.5 Å². The van der Waals surface area contributed by atoms with Crippen molar-refractivity contribution in [3.63, 3.8) is 0 Å². The number of thiazole rings is 1. The molecule has 186 valence electrons. The zero-order valence-electron chi connectivity index (χ0n) is 20.0. The molecule has 2 aliphatic rings. The Hall–Kier alpha value is -3.37. The van der Waals surface area contributed by atoms with Crippen LogP contribution < -0.4 is 29.1 Å². The van der Waals surface area contributed by atoms with E-state index in [4.69, 9.17) is 18.9 Å². The number of hydrogen-bond acceptors (Lipinski definition) is 8. The topological polar surface area (TPSA) is 88.4 Å². The summed E-state index contributed by atoms with van der Waals surface area (Å²) in [6.45, 7) is 5.49. The molecule has 3 aromatic rings. The second-order valence-corrected chi connectivity index (χ2v) is 10.5. The zero-order valence-corrected chi connectivity index (χ0v) is 22.4. The van der Waals surface area contributed by atoms with Crippen LogP contribution in [0.25, 0.3) is 6.08 Å². The van der Waals surface area contributed by atoms with Crippen LogP contribution in [0.1, 0.15) is 37.9 Å². The molecule has 0 aliphatic carbocycles. The van der Waals surface area contributed by atoms with Crippen molar-refractivity contribution < 1.29 is 23.7 Å². The Balaban J connectivity index is 1.73. The SMILES string of the molecule is COc1ccc(Br)cc1[C@H]1C(C(=O)OC(C)C)=C(C)N=c2s/c(=C\c3ccc4c(c3)OCO4)c(=O)n21. The number of carbonyl (C=O) groups is 1. The van der Waals surface area contributed by atoms with Crippen LogP contribution in [0.15, 0.2) is 61.9 Å². The summed E-state index contributed by atoms with van der Waals surface area (Å²) in [6.07, 6.45) is 1.45. The maximum absolute atomic E-state index is 13.8. The predicted octanol–water partition coefficient (Wildman–Crippen LogP) is 3.69. The highest BCUT2D eigenvalue weighted by Crippen LogP contribution is 2.37.